The van der Waals surface area contributed by atoms with Gasteiger partial charge < -0.3 is 10.4 Å². The first-order valence-corrected chi connectivity index (χ1v) is 15.0. The summed E-state index contributed by atoms with van der Waals surface area (Å²) in [5.41, 5.74) is 0. The molecule has 0 bridgehead atoms. The maximum absolute atomic E-state index is 12.2. The molecule has 7 heteroatoms. The lowest BCUT2D eigenvalue weighted by Gasteiger charge is -2.21. The molecule has 0 aliphatic heterocycles. The second-order valence-corrected chi connectivity index (χ2v) is 10.8. The van der Waals surface area contributed by atoms with Crippen molar-refractivity contribution in [3.63, 3.8) is 0 Å². The monoisotopic (exact) mass is 489 g/mol. The van der Waals surface area contributed by atoms with Crippen LogP contribution in [0, 0.1) is 0 Å². The maximum Gasteiger partial charge on any atom is 0.267 e. The first-order chi connectivity index (χ1) is 15.8. The highest BCUT2D eigenvalue weighted by molar-refractivity contribution is 7.85. The number of rotatable bonds is 23. The Morgan fingerprint density at radius 1 is 0.788 bits per heavy atom. The van der Waals surface area contributed by atoms with Crippen molar-refractivity contribution >= 4 is 16.0 Å². The summed E-state index contributed by atoms with van der Waals surface area (Å²) in [7, 11) is -4.31. The number of aliphatic hydroxyl groups is 1. The van der Waals surface area contributed by atoms with Crippen LogP contribution in [-0.4, -0.2) is 41.9 Å². The summed E-state index contributed by atoms with van der Waals surface area (Å²) < 4.78 is 31.9. The summed E-state index contributed by atoms with van der Waals surface area (Å²) in [6.45, 7) is 4.40. The molecule has 0 aromatic carbocycles. The molecule has 196 valence electrons. The molecule has 0 aliphatic rings. The lowest BCUT2D eigenvalue weighted by molar-refractivity contribution is -0.122. The van der Waals surface area contributed by atoms with E-state index in [2.05, 4.69) is 19.2 Å². The average molecular weight is 490 g/mol. The maximum atomic E-state index is 12.2. The minimum atomic E-state index is -4.31. The topological polar surface area (TPSA) is 104 Å². The molecule has 0 aliphatic carbocycles. The van der Waals surface area contributed by atoms with Gasteiger partial charge in [-0.2, -0.15) is 8.42 Å². The minimum absolute atomic E-state index is 0.288. The van der Waals surface area contributed by atoms with Crippen LogP contribution in [0.4, 0.5) is 0 Å². The molecular formula is C26H51NO5S. The highest BCUT2D eigenvalue weighted by atomic mass is 32.2. The van der Waals surface area contributed by atoms with E-state index < -0.39 is 28.0 Å². The zero-order valence-electron chi connectivity index (χ0n) is 21.3. The van der Waals surface area contributed by atoms with Crippen molar-refractivity contribution in [2.45, 2.75) is 142 Å². The van der Waals surface area contributed by atoms with Crippen LogP contribution < -0.4 is 5.32 Å². The third-order valence-corrected chi connectivity index (χ3v) is 6.74. The molecule has 2 atom stereocenters. The van der Waals surface area contributed by atoms with Crippen molar-refractivity contribution < 1.29 is 22.9 Å². The number of allylic oxidation sites excluding steroid dienone is 1. The fraction of sp³-hybridized carbons (Fsp3) is 0.885. The van der Waals surface area contributed by atoms with Gasteiger partial charge in [-0.05, 0) is 19.3 Å². The van der Waals surface area contributed by atoms with Gasteiger partial charge in [-0.15, -0.1) is 0 Å². The van der Waals surface area contributed by atoms with Gasteiger partial charge in [-0.1, -0.05) is 116 Å². The molecule has 33 heavy (non-hydrogen) atoms. The number of amides is 1. The van der Waals surface area contributed by atoms with E-state index in [4.69, 9.17) is 0 Å². The molecule has 2 unspecified atom stereocenters. The van der Waals surface area contributed by atoms with Gasteiger partial charge in [0.1, 0.15) is 0 Å². The molecular weight excluding hydrogens is 438 g/mol. The SMILES string of the molecule is CCCCCCCCCCC/C=C/C(O)C(CS(=O)(=O)O)NC(=O)CCCCCCCCC. The summed E-state index contributed by atoms with van der Waals surface area (Å²) in [5.74, 6) is -0.983. The van der Waals surface area contributed by atoms with Crippen LogP contribution in [0.15, 0.2) is 12.2 Å². The van der Waals surface area contributed by atoms with Gasteiger partial charge in [0.05, 0.1) is 17.9 Å². The molecule has 6 nitrogen and oxygen atoms in total. The highest BCUT2D eigenvalue weighted by Gasteiger charge is 2.24. The Balaban J connectivity index is 4.20. The molecule has 0 fully saturated rings. The third-order valence-electron chi connectivity index (χ3n) is 5.96. The van der Waals surface area contributed by atoms with E-state index in [1.54, 1.807) is 0 Å². The smallest absolute Gasteiger partial charge is 0.267 e. The number of hydrogen-bond donors (Lipinski definition) is 3. The van der Waals surface area contributed by atoms with Crippen LogP contribution in [0.1, 0.15) is 129 Å². The number of carbonyl (C=O) groups is 1. The van der Waals surface area contributed by atoms with E-state index in [1.165, 1.54) is 76.7 Å². The number of carbonyl (C=O) groups excluding carboxylic acids is 1. The van der Waals surface area contributed by atoms with Crippen molar-refractivity contribution in [3.8, 4) is 0 Å². The molecule has 1 amide bonds. The summed E-state index contributed by atoms with van der Waals surface area (Å²) in [6.07, 6.45) is 22.1. The molecule has 3 N–H and O–H groups in total. The van der Waals surface area contributed by atoms with Gasteiger partial charge in [-0.3, -0.25) is 9.35 Å². The van der Waals surface area contributed by atoms with Crippen LogP contribution in [-0.2, 0) is 14.9 Å². The van der Waals surface area contributed by atoms with Gasteiger partial charge in [-0.25, -0.2) is 0 Å². The average Bonchev–Trinajstić information content (AvgIpc) is 2.75. The van der Waals surface area contributed by atoms with Gasteiger partial charge >= 0.3 is 0 Å². The Kier molecular flexibility index (Phi) is 21.0. The standard InChI is InChI=1S/C26H51NO5S/c1-3-5-7-9-11-12-13-14-16-17-19-21-25(28)24(23-33(30,31)32)27-26(29)22-20-18-15-10-8-6-4-2/h19,21,24-25,28H,3-18,20,22-23H2,1-2H3,(H,27,29)(H,30,31,32)/b21-19+. The number of aliphatic hydroxyl groups excluding tert-OH is 1. The Bertz CT molecular complexity index is 591. The van der Waals surface area contributed by atoms with E-state index in [9.17, 15) is 22.9 Å². The highest BCUT2D eigenvalue weighted by Crippen LogP contribution is 2.12. The largest absolute Gasteiger partial charge is 0.387 e. The molecule has 0 saturated carbocycles. The molecule has 0 spiro atoms. The van der Waals surface area contributed by atoms with E-state index in [0.29, 0.717) is 6.42 Å². The number of hydrogen-bond acceptors (Lipinski definition) is 4. The third kappa shape index (κ3) is 22.6. The lowest BCUT2D eigenvalue weighted by atomic mass is 10.1. The molecule has 0 saturated heterocycles. The molecule has 0 radical (unpaired) electrons. The summed E-state index contributed by atoms with van der Waals surface area (Å²) in [6, 6.07) is -1.04. The first kappa shape index (κ1) is 32.1. The normalized spacial score (nSPS) is 13.9. The first-order valence-electron chi connectivity index (χ1n) is 13.4. The zero-order valence-corrected chi connectivity index (χ0v) is 22.1. The van der Waals surface area contributed by atoms with Gasteiger partial charge in [0, 0.05) is 6.42 Å². The fourth-order valence-corrected chi connectivity index (χ4v) is 4.65. The Morgan fingerprint density at radius 2 is 1.24 bits per heavy atom. The van der Waals surface area contributed by atoms with Crippen molar-refractivity contribution in [2.24, 2.45) is 0 Å². The van der Waals surface area contributed by atoms with Crippen molar-refractivity contribution in [1.82, 2.24) is 5.32 Å². The fourth-order valence-electron chi connectivity index (χ4n) is 3.92. The van der Waals surface area contributed by atoms with Crippen LogP contribution in [0.3, 0.4) is 0 Å². The Hall–Kier alpha value is -0.920. The van der Waals surface area contributed by atoms with Gasteiger partial charge in [0.15, 0.2) is 0 Å². The zero-order chi connectivity index (χ0) is 24.8. The summed E-state index contributed by atoms with van der Waals surface area (Å²) in [4.78, 5) is 12.2. The summed E-state index contributed by atoms with van der Waals surface area (Å²) in [5, 5.41) is 13.0. The van der Waals surface area contributed by atoms with Gasteiger partial charge in [0.25, 0.3) is 10.1 Å². The van der Waals surface area contributed by atoms with Crippen LogP contribution >= 0.6 is 0 Å². The number of unbranched alkanes of at least 4 members (excludes halogenated alkanes) is 15. The lowest BCUT2D eigenvalue weighted by Crippen LogP contribution is -2.46. The molecule has 0 aromatic rings. The second-order valence-electron chi connectivity index (χ2n) is 9.33. The van der Waals surface area contributed by atoms with E-state index in [0.717, 1.165) is 38.5 Å². The Morgan fingerprint density at radius 3 is 1.73 bits per heavy atom. The van der Waals surface area contributed by atoms with E-state index in [-0.39, 0.29) is 5.91 Å². The molecule has 0 aromatic heterocycles. The van der Waals surface area contributed by atoms with E-state index >= 15 is 0 Å². The van der Waals surface area contributed by atoms with Crippen LogP contribution in [0.25, 0.3) is 0 Å². The van der Waals surface area contributed by atoms with Crippen LogP contribution in [0.2, 0.25) is 0 Å². The van der Waals surface area contributed by atoms with Crippen molar-refractivity contribution in [1.29, 1.82) is 0 Å². The molecule has 0 heterocycles. The van der Waals surface area contributed by atoms with Gasteiger partial charge in [0.2, 0.25) is 5.91 Å². The van der Waals surface area contributed by atoms with Crippen molar-refractivity contribution in [2.75, 3.05) is 5.75 Å². The summed E-state index contributed by atoms with van der Waals surface area (Å²) >= 11 is 0. The van der Waals surface area contributed by atoms with Crippen LogP contribution in [0.5, 0.6) is 0 Å². The molecule has 0 rings (SSSR count). The van der Waals surface area contributed by atoms with Crippen molar-refractivity contribution in [3.05, 3.63) is 12.2 Å². The van der Waals surface area contributed by atoms with E-state index in [1.807, 2.05) is 6.08 Å². The second kappa shape index (κ2) is 21.6. The Labute approximate surface area is 203 Å². The predicted molar refractivity (Wildman–Crippen MR) is 138 cm³/mol. The minimum Gasteiger partial charge on any atom is -0.387 e. The number of nitrogens with one attached hydrogen (secondary N) is 1. The quantitative estimate of drug-likeness (QED) is 0.0883. The predicted octanol–water partition coefficient (Wildman–Crippen LogP) is 6.34.